The van der Waals surface area contributed by atoms with Gasteiger partial charge in [0, 0.05) is 44.5 Å². The third kappa shape index (κ3) is 4.35. The van der Waals surface area contributed by atoms with Crippen LogP contribution < -0.4 is 10.2 Å². The van der Waals surface area contributed by atoms with Gasteiger partial charge in [0.25, 0.3) is 0 Å². The van der Waals surface area contributed by atoms with Gasteiger partial charge in [-0.25, -0.2) is 15.0 Å². The van der Waals surface area contributed by atoms with E-state index in [1.165, 1.54) is 6.33 Å². The molecule has 1 N–H and O–H groups in total. The molecule has 1 amide bonds. The topological polar surface area (TPSA) is 87.4 Å². The monoisotopic (exact) mass is 376 g/mol. The predicted octanol–water partition coefficient (Wildman–Crippen LogP) is 2.57. The van der Waals surface area contributed by atoms with Gasteiger partial charge in [0.1, 0.15) is 29.5 Å². The van der Waals surface area contributed by atoms with E-state index in [1.807, 2.05) is 35.2 Å². The van der Waals surface area contributed by atoms with Crippen molar-refractivity contribution in [2.75, 3.05) is 36.4 Å². The average Bonchev–Trinajstić information content (AvgIpc) is 3.27. The second-order valence-corrected chi connectivity index (χ2v) is 6.26. The van der Waals surface area contributed by atoms with Gasteiger partial charge in [-0.1, -0.05) is 6.07 Å². The summed E-state index contributed by atoms with van der Waals surface area (Å²) in [6.45, 7) is 2.68. The Hall–Kier alpha value is -3.68. The van der Waals surface area contributed by atoms with Crippen LogP contribution in [0, 0.1) is 0 Å². The molecule has 8 heteroatoms. The third-order valence-electron chi connectivity index (χ3n) is 4.42. The van der Waals surface area contributed by atoms with E-state index in [0.29, 0.717) is 37.8 Å². The van der Waals surface area contributed by atoms with Crippen LogP contribution in [0.15, 0.2) is 65.7 Å². The molecular formula is C20H20N6O2. The molecule has 3 aromatic rings. The molecule has 142 valence electrons. The minimum atomic E-state index is -0.0174. The summed E-state index contributed by atoms with van der Waals surface area (Å²) in [4.78, 5) is 29.2. The van der Waals surface area contributed by atoms with Gasteiger partial charge in [0.2, 0.25) is 5.91 Å². The van der Waals surface area contributed by atoms with Gasteiger partial charge in [-0.3, -0.25) is 4.79 Å². The van der Waals surface area contributed by atoms with E-state index < -0.39 is 0 Å². The molecule has 0 bridgehead atoms. The summed E-state index contributed by atoms with van der Waals surface area (Å²) in [5, 5.41) is 3.17. The van der Waals surface area contributed by atoms with E-state index in [2.05, 4.69) is 25.2 Å². The van der Waals surface area contributed by atoms with E-state index in [0.717, 1.165) is 11.6 Å². The van der Waals surface area contributed by atoms with Gasteiger partial charge < -0.3 is 19.5 Å². The van der Waals surface area contributed by atoms with Crippen molar-refractivity contribution in [3.05, 3.63) is 67.0 Å². The largest absolute Gasteiger partial charge is 0.465 e. The Bertz CT molecular complexity index is 934. The second-order valence-electron chi connectivity index (χ2n) is 6.26. The summed E-state index contributed by atoms with van der Waals surface area (Å²) < 4.78 is 5.21. The van der Waals surface area contributed by atoms with E-state index in [9.17, 15) is 4.79 Å². The number of furan rings is 1. The molecule has 0 spiro atoms. The van der Waals surface area contributed by atoms with Crippen LogP contribution in [0.3, 0.4) is 0 Å². The number of nitrogens with one attached hydrogen (secondary N) is 1. The molecule has 0 aromatic carbocycles. The Morgan fingerprint density at radius 3 is 2.68 bits per heavy atom. The fourth-order valence-corrected chi connectivity index (χ4v) is 2.96. The van der Waals surface area contributed by atoms with Crippen molar-refractivity contribution in [1.82, 2.24) is 19.9 Å². The van der Waals surface area contributed by atoms with Gasteiger partial charge >= 0.3 is 0 Å². The number of amides is 1. The first-order chi connectivity index (χ1) is 13.8. The summed E-state index contributed by atoms with van der Waals surface area (Å²) in [7, 11) is 0. The molecule has 1 saturated heterocycles. The fourth-order valence-electron chi connectivity index (χ4n) is 2.96. The number of piperazine rings is 1. The van der Waals surface area contributed by atoms with Crippen molar-refractivity contribution in [2.24, 2.45) is 0 Å². The second kappa shape index (κ2) is 8.34. The SMILES string of the molecule is O=C(/C=C/c1ccco1)N1CCN(c2cc(Nc3ccccn3)ncn2)CC1. The molecule has 4 rings (SSSR count). The van der Waals surface area contributed by atoms with Crippen LogP contribution in [-0.2, 0) is 4.79 Å². The number of hydrogen-bond donors (Lipinski definition) is 1. The Labute approximate surface area is 162 Å². The highest BCUT2D eigenvalue weighted by molar-refractivity contribution is 5.91. The molecule has 28 heavy (non-hydrogen) atoms. The zero-order valence-corrected chi connectivity index (χ0v) is 15.2. The highest BCUT2D eigenvalue weighted by Crippen LogP contribution is 2.18. The average molecular weight is 376 g/mol. The van der Waals surface area contributed by atoms with Crippen LogP contribution in [0.2, 0.25) is 0 Å². The standard InChI is InChI=1S/C20H20N6O2/c27-20(7-6-16-4-3-13-28-16)26-11-9-25(10-12-26)19-14-18(22-15-23-19)24-17-5-1-2-8-21-17/h1-8,13-15H,9-12H2,(H,21,22,23,24)/b7-6+. The van der Waals surface area contributed by atoms with Crippen molar-refractivity contribution >= 4 is 29.4 Å². The highest BCUT2D eigenvalue weighted by Gasteiger charge is 2.21. The summed E-state index contributed by atoms with van der Waals surface area (Å²) in [5.74, 6) is 2.89. The van der Waals surface area contributed by atoms with Gasteiger partial charge in [-0.05, 0) is 30.3 Å². The summed E-state index contributed by atoms with van der Waals surface area (Å²) >= 11 is 0. The van der Waals surface area contributed by atoms with Crippen molar-refractivity contribution in [3.8, 4) is 0 Å². The number of carbonyl (C=O) groups is 1. The summed E-state index contributed by atoms with van der Waals surface area (Å²) in [6, 6.07) is 11.1. The first-order valence-corrected chi connectivity index (χ1v) is 9.03. The first kappa shape index (κ1) is 17.7. The zero-order valence-electron chi connectivity index (χ0n) is 15.2. The van der Waals surface area contributed by atoms with Gasteiger partial charge in [0.15, 0.2) is 0 Å². The highest BCUT2D eigenvalue weighted by atomic mass is 16.3. The van der Waals surface area contributed by atoms with Crippen LogP contribution in [0.1, 0.15) is 5.76 Å². The van der Waals surface area contributed by atoms with Gasteiger partial charge in [0.05, 0.1) is 6.26 Å². The first-order valence-electron chi connectivity index (χ1n) is 9.03. The fraction of sp³-hybridized carbons (Fsp3) is 0.200. The number of anilines is 3. The zero-order chi connectivity index (χ0) is 19.2. The Morgan fingerprint density at radius 2 is 1.93 bits per heavy atom. The minimum absolute atomic E-state index is 0.0174. The maximum Gasteiger partial charge on any atom is 0.246 e. The molecular weight excluding hydrogens is 356 g/mol. The molecule has 1 fully saturated rings. The van der Waals surface area contributed by atoms with Crippen LogP contribution in [0.25, 0.3) is 6.08 Å². The number of pyridine rings is 1. The maximum absolute atomic E-state index is 12.3. The van der Waals surface area contributed by atoms with Crippen molar-refractivity contribution in [1.29, 1.82) is 0 Å². The lowest BCUT2D eigenvalue weighted by Gasteiger charge is -2.34. The number of aromatic nitrogens is 3. The Balaban J connectivity index is 1.34. The van der Waals surface area contributed by atoms with E-state index >= 15 is 0 Å². The Morgan fingerprint density at radius 1 is 1.04 bits per heavy atom. The molecule has 1 aliphatic heterocycles. The van der Waals surface area contributed by atoms with Crippen LogP contribution in [0.5, 0.6) is 0 Å². The molecule has 4 heterocycles. The smallest absolute Gasteiger partial charge is 0.246 e. The predicted molar refractivity (Wildman–Crippen MR) is 106 cm³/mol. The molecule has 0 aliphatic carbocycles. The molecule has 0 unspecified atom stereocenters. The van der Waals surface area contributed by atoms with Crippen LogP contribution in [0.4, 0.5) is 17.5 Å². The van der Waals surface area contributed by atoms with Crippen molar-refractivity contribution in [3.63, 3.8) is 0 Å². The summed E-state index contributed by atoms with van der Waals surface area (Å²) in [6.07, 6.45) is 8.08. The van der Waals surface area contributed by atoms with Crippen LogP contribution >= 0.6 is 0 Å². The van der Waals surface area contributed by atoms with Gasteiger partial charge in [-0.15, -0.1) is 0 Å². The van der Waals surface area contributed by atoms with Gasteiger partial charge in [-0.2, -0.15) is 0 Å². The lowest BCUT2D eigenvalue weighted by Crippen LogP contribution is -2.48. The Kier molecular flexibility index (Phi) is 5.28. The van der Waals surface area contributed by atoms with Crippen LogP contribution in [-0.4, -0.2) is 51.9 Å². The van der Waals surface area contributed by atoms with Crippen molar-refractivity contribution in [2.45, 2.75) is 0 Å². The maximum atomic E-state index is 12.3. The molecule has 1 aliphatic rings. The molecule has 0 atom stereocenters. The normalized spacial score (nSPS) is 14.4. The number of hydrogen-bond acceptors (Lipinski definition) is 7. The molecule has 8 nitrogen and oxygen atoms in total. The lowest BCUT2D eigenvalue weighted by molar-refractivity contribution is -0.126. The molecule has 0 radical (unpaired) electrons. The molecule has 0 saturated carbocycles. The number of carbonyl (C=O) groups excluding carboxylic acids is 1. The van der Waals surface area contributed by atoms with E-state index in [1.54, 1.807) is 30.7 Å². The number of rotatable bonds is 5. The molecule has 3 aromatic heterocycles. The third-order valence-corrected chi connectivity index (χ3v) is 4.42. The summed E-state index contributed by atoms with van der Waals surface area (Å²) in [5.41, 5.74) is 0. The van der Waals surface area contributed by atoms with E-state index in [4.69, 9.17) is 4.42 Å². The quantitative estimate of drug-likeness (QED) is 0.685. The minimum Gasteiger partial charge on any atom is -0.465 e. The number of nitrogens with zero attached hydrogens (tertiary/aromatic N) is 5. The lowest BCUT2D eigenvalue weighted by atomic mass is 10.3. The van der Waals surface area contributed by atoms with E-state index in [-0.39, 0.29) is 5.91 Å². The van der Waals surface area contributed by atoms with Crippen molar-refractivity contribution < 1.29 is 9.21 Å².